The van der Waals surface area contributed by atoms with Gasteiger partial charge in [-0.1, -0.05) is 23.2 Å². The van der Waals surface area contributed by atoms with Gasteiger partial charge in [0, 0.05) is 6.07 Å². The van der Waals surface area contributed by atoms with Gasteiger partial charge in [-0.2, -0.15) is 0 Å². The number of carbonyl (C=O) groups is 1. The molecule has 0 amide bonds. The van der Waals surface area contributed by atoms with E-state index < -0.39 is 5.97 Å². The van der Waals surface area contributed by atoms with Gasteiger partial charge in [0.05, 0.1) is 7.11 Å². The van der Waals surface area contributed by atoms with E-state index in [9.17, 15) is 4.79 Å². The zero-order valence-electron chi connectivity index (χ0n) is 10.1. The highest BCUT2D eigenvalue weighted by molar-refractivity contribution is 6.32. The van der Waals surface area contributed by atoms with Crippen LogP contribution in [0.4, 0.5) is 0 Å². The Bertz CT molecular complexity index is 664. The minimum atomic E-state index is -1.16. The fourth-order valence-corrected chi connectivity index (χ4v) is 1.69. The van der Waals surface area contributed by atoms with Gasteiger partial charge in [0.15, 0.2) is 16.1 Å². The molecule has 0 bridgehead atoms. The van der Waals surface area contributed by atoms with Gasteiger partial charge in [0.25, 0.3) is 0 Å². The first-order valence-corrected chi connectivity index (χ1v) is 6.04. The fraction of sp³-hybridized carbons (Fsp3) is 0.0833. The molecular formula is C12H8Cl2N2O4. The summed E-state index contributed by atoms with van der Waals surface area (Å²) in [4.78, 5) is 11.2. The Balaban J connectivity index is 2.42. The summed E-state index contributed by atoms with van der Waals surface area (Å²) in [5.41, 5.74) is -0.0756. The number of hydrogen-bond acceptors (Lipinski definition) is 5. The summed E-state index contributed by atoms with van der Waals surface area (Å²) in [6, 6.07) is 5.69. The number of aromatic carboxylic acids is 1. The number of nitrogens with zero attached hydrogens (tertiary/aromatic N) is 2. The Morgan fingerprint density at radius 3 is 2.60 bits per heavy atom. The number of carboxylic acids is 1. The fourth-order valence-electron chi connectivity index (χ4n) is 1.42. The zero-order chi connectivity index (χ0) is 14.7. The minimum absolute atomic E-state index is 0.0263. The largest absolute Gasteiger partial charge is 0.497 e. The second-order valence-corrected chi connectivity index (χ2v) is 4.34. The van der Waals surface area contributed by atoms with E-state index in [1.165, 1.54) is 25.3 Å². The van der Waals surface area contributed by atoms with Crippen molar-refractivity contribution in [3.63, 3.8) is 0 Å². The van der Waals surface area contributed by atoms with Gasteiger partial charge in [-0.3, -0.25) is 0 Å². The number of carboxylic acid groups (broad SMARTS) is 1. The molecule has 2 aromatic rings. The maximum absolute atomic E-state index is 11.2. The van der Waals surface area contributed by atoms with E-state index in [1.54, 1.807) is 6.07 Å². The molecule has 1 heterocycles. The van der Waals surface area contributed by atoms with Gasteiger partial charge in [-0.15, -0.1) is 10.2 Å². The number of aromatic nitrogens is 2. The first-order chi connectivity index (χ1) is 9.51. The maximum Gasteiger partial charge on any atom is 0.339 e. The lowest BCUT2D eigenvalue weighted by molar-refractivity contribution is 0.0693. The second kappa shape index (κ2) is 5.94. The average Bonchev–Trinajstić information content (AvgIpc) is 2.43. The molecule has 0 saturated heterocycles. The van der Waals surface area contributed by atoms with Crippen LogP contribution in [-0.4, -0.2) is 28.4 Å². The lowest BCUT2D eigenvalue weighted by Gasteiger charge is -2.10. The van der Waals surface area contributed by atoms with Gasteiger partial charge in [-0.25, -0.2) is 4.79 Å². The van der Waals surface area contributed by atoms with Crippen LogP contribution in [0.3, 0.4) is 0 Å². The predicted octanol–water partition coefficient (Wildman–Crippen LogP) is 3.28. The molecule has 1 N–H and O–H groups in total. The van der Waals surface area contributed by atoms with Crippen LogP contribution in [0.1, 0.15) is 10.4 Å². The van der Waals surface area contributed by atoms with Gasteiger partial charge < -0.3 is 14.6 Å². The molecule has 8 heteroatoms. The number of hydrogen-bond donors (Lipinski definition) is 1. The van der Waals surface area contributed by atoms with Crippen molar-refractivity contribution >= 4 is 29.2 Å². The normalized spacial score (nSPS) is 10.2. The smallest absolute Gasteiger partial charge is 0.339 e. The van der Waals surface area contributed by atoms with Crippen LogP contribution >= 0.6 is 23.2 Å². The average molecular weight is 315 g/mol. The number of halogens is 2. The van der Waals surface area contributed by atoms with E-state index in [2.05, 4.69) is 10.2 Å². The third-order valence-corrected chi connectivity index (χ3v) is 2.77. The SMILES string of the molecule is COc1ccc(Oc2cc(Cl)nnc2Cl)c(C(=O)O)c1. The summed E-state index contributed by atoms with van der Waals surface area (Å²) >= 11 is 11.5. The van der Waals surface area contributed by atoms with Gasteiger partial charge in [0.1, 0.15) is 17.1 Å². The maximum atomic E-state index is 11.2. The molecule has 1 aromatic heterocycles. The van der Waals surface area contributed by atoms with Crippen molar-refractivity contribution in [2.45, 2.75) is 0 Å². The minimum Gasteiger partial charge on any atom is -0.497 e. The van der Waals surface area contributed by atoms with E-state index >= 15 is 0 Å². The van der Waals surface area contributed by atoms with E-state index in [4.69, 9.17) is 37.8 Å². The third kappa shape index (κ3) is 3.09. The molecule has 0 aliphatic carbocycles. The third-order valence-electron chi connectivity index (χ3n) is 2.32. The summed E-state index contributed by atoms with van der Waals surface area (Å²) in [5.74, 6) is -0.571. The molecular weight excluding hydrogens is 307 g/mol. The standard InChI is InChI=1S/C12H8Cl2N2O4/c1-19-6-2-3-8(7(4-6)12(17)18)20-9-5-10(13)15-16-11(9)14/h2-5H,1H3,(H,17,18). The van der Waals surface area contributed by atoms with Crippen molar-refractivity contribution in [2.24, 2.45) is 0 Å². The van der Waals surface area contributed by atoms with E-state index in [0.29, 0.717) is 5.75 Å². The molecule has 0 atom stereocenters. The lowest BCUT2D eigenvalue weighted by Crippen LogP contribution is -2.01. The van der Waals surface area contributed by atoms with Crippen LogP contribution in [0.15, 0.2) is 24.3 Å². The summed E-state index contributed by atoms with van der Waals surface area (Å²) < 4.78 is 10.4. The number of ether oxygens (including phenoxy) is 2. The Morgan fingerprint density at radius 2 is 1.95 bits per heavy atom. The molecule has 20 heavy (non-hydrogen) atoms. The molecule has 0 aliphatic rings. The van der Waals surface area contributed by atoms with Gasteiger partial charge >= 0.3 is 5.97 Å². The van der Waals surface area contributed by atoms with Crippen molar-refractivity contribution in [3.05, 3.63) is 40.1 Å². The molecule has 0 fully saturated rings. The summed E-state index contributed by atoms with van der Waals surface area (Å²) in [7, 11) is 1.44. The van der Waals surface area contributed by atoms with Crippen LogP contribution in [0.5, 0.6) is 17.2 Å². The van der Waals surface area contributed by atoms with Crippen molar-refractivity contribution in [1.29, 1.82) is 0 Å². The first-order valence-electron chi connectivity index (χ1n) is 5.29. The second-order valence-electron chi connectivity index (χ2n) is 3.59. The molecule has 6 nitrogen and oxygen atoms in total. The quantitative estimate of drug-likeness (QED) is 0.932. The summed E-state index contributed by atoms with van der Waals surface area (Å²) in [6.07, 6.45) is 0. The van der Waals surface area contributed by atoms with E-state index in [0.717, 1.165) is 0 Å². The first kappa shape index (κ1) is 14.4. The van der Waals surface area contributed by atoms with Gasteiger partial charge in [0.2, 0.25) is 0 Å². The van der Waals surface area contributed by atoms with Crippen LogP contribution < -0.4 is 9.47 Å². The number of rotatable bonds is 4. The number of methoxy groups -OCH3 is 1. The van der Waals surface area contributed by atoms with Gasteiger partial charge in [-0.05, 0) is 18.2 Å². The van der Waals surface area contributed by atoms with Crippen molar-refractivity contribution in [1.82, 2.24) is 10.2 Å². The van der Waals surface area contributed by atoms with Crippen molar-refractivity contribution in [3.8, 4) is 17.2 Å². The van der Waals surface area contributed by atoms with Crippen LogP contribution in [0, 0.1) is 0 Å². The molecule has 2 rings (SSSR count). The highest BCUT2D eigenvalue weighted by atomic mass is 35.5. The van der Waals surface area contributed by atoms with Crippen LogP contribution in [0.2, 0.25) is 10.3 Å². The summed E-state index contributed by atoms with van der Waals surface area (Å²) in [5, 5.41) is 16.3. The molecule has 0 radical (unpaired) electrons. The Morgan fingerprint density at radius 1 is 1.20 bits per heavy atom. The molecule has 0 spiro atoms. The van der Waals surface area contributed by atoms with Crippen LogP contribution in [0.25, 0.3) is 0 Å². The Labute approximate surface area is 123 Å². The topological polar surface area (TPSA) is 81.5 Å². The lowest BCUT2D eigenvalue weighted by atomic mass is 10.2. The monoisotopic (exact) mass is 314 g/mol. The number of benzene rings is 1. The molecule has 1 aromatic carbocycles. The van der Waals surface area contributed by atoms with E-state index in [-0.39, 0.29) is 27.4 Å². The highest BCUT2D eigenvalue weighted by Gasteiger charge is 2.15. The Kier molecular flexibility index (Phi) is 4.26. The highest BCUT2D eigenvalue weighted by Crippen LogP contribution is 2.32. The molecule has 0 unspecified atom stereocenters. The summed E-state index contributed by atoms with van der Waals surface area (Å²) in [6.45, 7) is 0. The molecule has 0 saturated carbocycles. The van der Waals surface area contributed by atoms with E-state index in [1.807, 2.05) is 0 Å². The van der Waals surface area contributed by atoms with Crippen LogP contribution in [-0.2, 0) is 0 Å². The molecule has 104 valence electrons. The zero-order valence-corrected chi connectivity index (χ0v) is 11.6. The Hall–Kier alpha value is -2.05. The van der Waals surface area contributed by atoms with Crippen molar-refractivity contribution < 1.29 is 19.4 Å². The van der Waals surface area contributed by atoms with Crippen molar-refractivity contribution in [2.75, 3.05) is 7.11 Å². The molecule has 0 aliphatic heterocycles. The predicted molar refractivity (Wildman–Crippen MR) is 72.1 cm³/mol.